The normalized spacial score (nSPS) is 11.8. The summed E-state index contributed by atoms with van der Waals surface area (Å²) in [5, 5.41) is 30.2. The minimum atomic E-state index is -0.685. The van der Waals surface area contributed by atoms with E-state index in [4.69, 9.17) is 4.84 Å². The molecule has 0 aliphatic carbocycles. The van der Waals surface area contributed by atoms with E-state index in [0.717, 1.165) is 10.2 Å². The molecule has 0 radical (unpaired) electrons. The van der Waals surface area contributed by atoms with Crippen molar-refractivity contribution in [1.82, 2.24) is 9.66 Å². The highest BCUT2D eigenvalue weighted by atomic mass is 16.6. The van der Waals surface area contributed by atoms with E-state index in [-0.39, 0.29) is 18.0 Å². The van der Waals surface area contributed by atoms with Crippen molar-refractivity contribution in [2.24, 2.45) is 10.3 Å². The van der Waals surface area contributed by atoms with Crippen molar-refractivity contribution in [3.05, 3.63) is 110 Å². The van der Waals surface area contributed by atoms with E-state index in [9.17, 15) is 20.0 Å². The molecule has 0 saturated heterocycles. The highest BCUT2D eigenvalue weighted by molar-refractivity contribution is 5.98. The molecule has 0 aliphatic heterocycles. The highest BCUT2D eigenvalue weighted by Gasteiger charge is 2.18. The molecule has 35 heavy (non-hydrogen) atoms. The highest BCUT2D eigenvalue weighted by Crippen LogP contribution is 2.30. The van der Waals surface area contributed by atoms with E-state index >= 15 is 0 Å². The Balaban J connectivity index is 1.73. The molecular weight excluding hydrogens is 450 g/mol. The van der Waals surface area contributed by atoms with E-state index in [0.29, 0.717) is 22.2 Å². The van der Waals surface area contributed by atoms with E-state index in [2.05, 4.69) is 15.2 Å². The number of hydrogen-bond donors (Lipinski definition) is 1. The summed E-state index contributed by atoms with van der Waals surface area (Å²) in [5.41, 5.74) is 1.70. The van der Waals surface area contributed by atoms with Crippen molar-refractivity contribution in [3.63, 3.8) is 0 Å². The molecule has 0 amide bonds. The van der Waals surface area contributed by atoms with Gasteiger partial charge in [-0.05, 0) is 43.2 Å². The number of rotatable bonds is 7. The van der Waals surface area contributed by atoms with E-state index in [1.54, 1.807) is 38.1 Å². The van der Waals surface area contributed by atoms with Gasteiger partial charge in [-0.25, -0.2) is 4.98 Å². The molecule has 0 unspecified atom stereocenters. The number of oxime groups is 1. The van der Waals surface area contributed by atoms with Gasteiger partial charge in [-0.2, -0.15) is 9.78 Å². The average Bonchev–Trinajstić information content (AvgIpc) is 2.85. The van der Waals surface area contributed by atoms with Crippen molar-refractivity contribution >= 4 is 28.5 Å². The van der Waals surface area contributed by atoms with Crippen molar-refractivity contribution < 1.29 is 14.9 Å². The number of nitrogens with zero attached hydrogens (tertiary/aromatic N) is 5. The lowest BCUT2D eigenvalue weighted by Gasteiger charge is -2.09. The second-order valence-corrected chi connectivity index (χ2v) is 7.70. The number of benzene rings is 3. The predicted octanol–water partition coefficient (Wildman–Crippen LogP) is 4.14. The topological polar surface area (TPSA) is 132 Å². The number of fused-ring (bicyclic) bond motifs is 1. The Labute approximate surface area is 199 Å². The predicted molar refractivity (Wildman–Crippen MR) is 132 cm³/mol. The SMILES string of the molecule is C/C(=N/OCc1nc2ccccc2c(=O)n1/N=C\c1cc(C)cc([N+](=O)[O-])c1O)c1ccccc1. The maximum absolute atomic E-state index is 13.2. The molecule has 1 N–H and O–H groups in total. The van der Waals surface area contributed by atoms with Crippen LogP contribution in [-0.2, 0) is 11.4 Å². The first-order valence-electron chi connectivity index (χ1n) is 10.6. The number of phenols is 1. The Kier molecular flexibility index (Phi) is 6.63. The van der Waals surface area contributed by atoms with Crippen LogP contribution in [-0.4, -0.2) is 31.6 Å². The van der Waals surface area contributed by atoms with Crippen LogP contribution in [0.2, 0.25) is 0 Å². The van der Waals surface area contributed by atoms with Crippen LogP contribution in [0, 0.1) is 17.0 Å². The van der Waals surface area contributed by atoms with Gasteiger partial charge in [0.1, 0.15) is 0 Å². The van der Waals surface area contributed by atoms with Gasteiger partial charge in [0.15, 0.2) is 12.4 Å². The van der Waals surface area contributed by atoms with E-state index in [1.807, 2.05) is 30.3 Å². The Morgan fingerprint density at radius 3 is 2.63 bits per heavy atom. The molecule has 3 aromatic carbocycles. The number of para-hydroxylation sites is 1. The standard InChI is InChI=1S/C25H21N5O5/c1-16-12-19(24(31)22(13-16)30(33)34)14-26-29-23(27-21-11-7-6-10-20(21)25(29)32)15-35-28-17(2)18-8-4-3-5-9-18/h3-14,31H,15H2,1-2H3/b26-14-,28-17-. The number of aromatic nitrogens is 2. The second kappa shape index (κ2) is 9.96. The lowest BCUT2D eigenvalue weighted by atomic mass is 10.1. The minimum Gasteiger partial charge on any atom is -0.502 e. The molecule has 0 saturated carbocycles. The van der Waals surface area contributed by atoms with Crippen molar-refractivity contribution in [3.8, 4) is 5.75 Å². The number of aryl methyl sites for hydroxylation is 1. The quantitative estimate of drug-likeness (QED) is 0.245. The fraction of sp³-hybridized carbons (Fsp3) is 0.120. The van der Waals surface area contributed by atoms with Crippen LogP contribution in [0.4, 0.5) is 5.69 Å². The van der Waals surface area contributed by atoms with Crippen molar-refractivity contribution in [1.29, 1.82) is 0 Å². The number of aromatic hydroxyl groups is 1. The van der Waals surface area contributed by atoms with Crippen LogP contribution in [0.1, 0.15) is 29.4 Å². The number of phenolic OH excluding ortho intramolecular Hbond substituents is 1. The van der Waals surface area contributed by atoms with Gasteiger partial charge in [0.05, 0.1) is 27.8 Å². The average molecular weight is 471 g/mol. The molecule has 1 heterocycles. The summed E-state index contributed by atoms with van der Waals surface area (Å²) in [6, 6.07) is 19.0. The van der Waals surface area contributed by atoms with Gasteiger partial charge in [0.2, 0.25) is 5.75 Å². The number of nitro groups is 1. The fourth-order valence-corrected chi connectivity index (χ4v) is 3.45. The molecule has 4 rings (SSSR count). The van der Waals surface area contributed by atoms with E-state index < -0.39 is 21.9 Å². The Morgan fingerprint density at radius 2 is 1.89 bits per heavy atom. The molecule has 0 atom stereocenters. The van der Waals surface area contributed by atoms with Gasteiger partial charge in [0.25, 0.3) is 5.56 Å². The van der Waals surface area contributed by atoms with Crippen molar-refractivity contribution in [2.75, 3.05) is 0 Å². The Bertz CT molecular complexity index is 1530. The maximum atomic E-state index is 13.2. The molecule has 176 valence electrons. The van der Waals surface area contributed by atoms with Crippen LogP contribution >= 0.6 is 0 Å². The first-order valence-corrected chi connectivity index (χ1v) is 10.6. The zero-order valence-electron chi connectivity index (χ0n) is 19.0. The van der Waals surface area contributed by atoms with Gasteiger partial charge in [-0.15, -0.1) is 0 Å². The second-order valence-electron chi connectivity index (χ2n) is 7.70. The smallest absolute Gasteiger partial charge is 0.311 e. The van der Waals surface area contributed by atoms with Crippen LogP contribution in [0.3, 0.4) is 0 Å². The molecule has 0 fully saturated rings. The maximum Gasteiger partial charge on any atom is 0.311 e. The van der Waals surface area contributed by atoms with Gasteiger partial charge >= 0.3 is 5.69 Å². The minimum absolute atomic E-state index is 0.0848. The third kappa shape index (κ3) is 5.06. The summed E-state index contributed by atoms with van der Waals surface area (Å²) >= 11 is 0. The van der Waals surface area contributed by atoms with Gasteiger partial charge in [-0.1, -0.05) is 47.6 Å². The summed E-state index contributed by atoms with van der Waals surface area (Å²) in [4.78, 5) is 33.7. The zero-order valence-corrected chi connectivity index (χ0v) is 19.0. The summed E-state index contributed by atoms with van der Waals surface area (Å²) in [6.07, 6.45) is 1.18. The molecule has 10 heteroatoms. The van der Waals surface area contributed by atoms with Gasteiger partial charge in [-0.3, -0.25) is 14.9 Å². The lowest BCUT2D eigenvalue weighted by molar-refractivity contribution is -0.385. The third-order valence-electron chi connectivity index (χ3n) is 5.18. The molecule has 4 aromatic rings. The van der Waals surface area contributed by atoms with E-state index in [1.165, 1.54) is 18.3 Å². The van der Waals surface area contributed by atoms with Gasteiger partial charge < -0.3 is 9.94 Å². The van der Waals surface area contributed by atoms with Crippen LogP contribution in [0.15, 0.2) is 81.8 Å². The first kappa shape index (κ1) is 23.3. The summed E-state index contributed by atoms with van der Waals surface area (Å²) in [5.74, 6) is -0.386. The number of nitro benzene ring substituents is 1. The fourth-order valence-electron chi connectivity index (χ4n) is 3.45. The van der Waals surface area contributed by atoms with Crippen LogP contribution in [0.5, 0.6) is 5.75 Å². The molecule has 0 spiro atoms. The zero-order chi connectivity index (χ0) is 24.9. The molecule has 1 aromatic heterocycles. The molecular formula is C25H21N5O5. The Hall–Kier alpha value is -4.86. The van der Waals surface area contributed by atoms with Crippen molar-refractivity contribution in [2.45, 2.75) is 20.5 Å². The monoisotopic (exact) mass is 471 g/mol. The summed E-state index contributed by atoms with van der Waals surface area (Å²) in [6.45, 7) is 3.28. The summed E-state index contributed by atoms with van der Waals surface area (Å²) in [7, 11) is 0. The van der Waals surface area contributed by atoms with Crippen LogP contribution in [0.25, 0.3) is 10.9 Å². The molecule has 10 nitrogen and oxygen atoms in total. The first-order chi connectivity index (χ1) is 16.8. The molecule has 0 aliphatic rings. The van der Waals surface area contributed by atoms with Crippen LogP contribution < -0.4 is 5.56 Å². The Morgan fingerprint density at radius 1 is 1.17 bits per heavy atom. The van der Waals surface area contributed by atoms with Gasteiger partial charge in [0, 0.05) is 11.6 Å². The molecule has 0 bridgehead atoms. The number of hydrogen-bond acceptors (Lipinski definition) is 8. The largest absolute Gasteiger partial charge is 0.502 e. The summed E-state index contributed by atoms with van der Waals surface area (Å²) < 4.78 is 1.03. The lowest BCUT2D eigenvalue weighted by Crippen LogP contribution is -2.22. The third-order valence-corrected chi connectivity index (χ3v) is 5.18.